The summed E-state index contributed by atoms with van der Waals surface area (Å²) in [4.78, 5) is 4.48. The molecule has 1 fully saturated rings. The van der Waals surface area contributed by atoms with Crippen LogP contribution in [0.2, 0.25) is 0 Å². The maximum atomic E-state index is 13.6. The highest BCUT2D eigenvalue weighted by molar-refractivity contribution is 14.0. The molecule has 0 spiro atoms. The number of ether oxygens (including phenoxy) is 1. The second-order valence-corrected chi connectivity index (χ2v) is 6.37. The number of nitrogens with one attached hydrogen (secondary N) is 2. The molecule has 7 heteroatoms. The van der Waals surface area contributed by atoms with Crippen molar-refractivity contribution in [3.8, 4) is 5.75 Å². The van der Waals surface area contributed by atoms with Gasteiger partial charge in [0.05, 0.1) is 18.7 Å². The predicted octanol–water partition coefficient (Wildman–Crippen LogP) is 3.07. The third-order valence-corrected chi connectivity index (χ3v) is 4.13. The molecule has 5 nitrogen and oxygen atoms in total. The fourth-order valence-corrected chi connectivity index (χ4v) is 2.80. The Labute approximate surface area is 166 Å². The summed E-state index contributed by atoms with van der Waals surface area (Å²) in [5.74, 6) is 0.518. The minimum Gasteiger partial charge on any atom is -0.486 e. The van der Waals surface area contributed by atoms with Crippen LogP contribution in [0.5, 0.6) is 5.75 Å². The van der Waals surface area contributed by atoms with Gasteiger partial charge in [0.1, 0.15) is 6.10 Å². The van der Waals surface area contributed by atoms with Crippen LogP contribution in [0.4, 0.5) is 4.39 Å². The minimum atomic E-state index is -0.669. The molecule has 25 heavy (non-hydrogen) atoms. The second kappa shape index (κ2) is 10.8. The van der Waals surface area contributed by atoms with Gasteiger partial charge in [-0.05, 0) is 38.8 Å². The Bertz CT molecular complexity index is 551. The summed E-state index contributed by atoms with van der Waals surface area (Å²) < 4.78 is 19.2. The van der Waals surface area contributed by atoms with Gasteiger partial charge in [-0.1, -0.05) is 25.0 Å². The number of nitrogens with zero attached hydrogens (tertiary/aromatic N) is 1. The molecule has 1 aliphatic rings. The van der Waals surface area contributed by atoms with Gasteiger partial charge in [-0.3, -0.25) is 4.99 Å². The Kier molecular flexibility index (Phi) is 9.48. The molecular weight excluding hydrogens is 436 g/mol. The maximum absolute atomic E-state index is 13.6. The van der Waals surface area contributed by atoms with Gasteiger partial charge in [-0.2, -0.15) is 0 Å². The summed E-state index contributed by atoms with van der Waals surface area (Å²) in [6, 6.07) is 6.37. The van der Waals surface area contributed by atoms with Crippen molar-refractivity contribution in [2.45, 2.75) is 51.2 Å². The Morgan fingerprint density at radius 3 is 2.64 bits per heavy atom. The largest absolute Gasteiger partial charge is 0.486 e. The predicted molar refractivity (Wildman–Crippen MR) is 109 cm³/mol. The summed E-state index contributed by atoms with van der Waals surface area (Å²) in [5.41, 5.74) is -0.669. The van der Waals surface area contributed by atoms with E-state index in [0.29, 0.717) is 19.0 Å². The van der Waals surface area contributed by atoms with Crippen molar-refractivity contribution in [1.82, 2.24) is 10.6 Å². The van der Waals surface area contributed by atoms with Gasteiger partial charge in [-0.15, -0.1) is 24.0 Å². The van der Waals surface area contributed by atoms with E-state index in [1.807, 2.05) is 13.8 Å². The lowest BCUT2D eigenvalue weighted by atomic mass is 10.0. The molecule has 142 valence electrons. The van der Waals surface area contributed by atoms with Crippen molar-refractivity contribution in [2.75, 3.05) is 19.6 Å². The van der Waals surface area contributed by atoms with Crippen molar-refractivity contribution in [3.05, 3.63) is 30.1 Å². The zero-order chi connectivity index (χ0) is 17.4. The van der Waals surface area contributed by atoms with Gasteiger partial charge in [0.25, 0.3) is 0 Å². The van der Waals surface area contributed by atoms with Crippen LogP contribution in [0, 0.1) is 5.82 Å². The van der Waals surface area contributed by atoms with Crippen molar-refractivity contribution in [1.29, 1.82) is 0 Å². The van der Waals surface area contributed by atoms with Gasteiger partial charge >= 0.3 is 0 Å². The lowest BCUT2D eigenvalue weighted by Crippen LogP contribution is -2.43. The molecule has 0 saturated heterocycles. The SMILES string of the molecule is CCNC(=NCC1(O)CCCC1)NCC(C)Oc1ccccc1F.I. The number of rotatable bonds is 7. The van der Waals surface area contributed by atoms with Crippen LogP contribution in [-0.2, 0) is 0 Å². The van der Waals surface area contributed by atoms with E-state index in [1.165, 1.54) is 6.07 Å². The van der Waals surface area contributed by atoms with E-state index in [4.69, 9.17) is 4.74 Å². The number of aliphatic imine (C=N–C) groups is 1. The van der Waals surface area contributed by atoms with E-state index < -0.39 is 5.60 Å². The number of aliphatic hydroxyl groups is 1. The summed E-state index contributed by atoms with van der Waals surface area (Å²) >= 11 is 0. The lowest BCUT2D eigenvalue weighted by Gasteiger charge is -2.21. The number of halogens is 2. The maximum Gasteiger partial charge on any atom is 0.191 e. The Hall–Kier alpha value is -1.09. The molecule has 0 bridgehead atoms. The monoisotopic (exact) mass is 465 g/mol. The van der Waals surface area contributed by atoms with E-state index in [9.17, 15) is 9.50 Å². The number of hydrogen-bond acceptors (Lipinski definition) is 3. The van der Waals surface area contributed by atoms with Gasteiger partial charge in [0.2, 0.25) is 0 Å². The van der Waals surface area contributed by atoms with E-state index in [-0.39, 0.29) is 41.6 Å². The first kappa shape index (κ1) is 22.0. The minimum absolute atomic E-state index is 0. The smallest absolute Gasteiger partial charge is 0.191 e. The summed E-state index contributed by atoms with van der Waals surface area (Å²) in [7, 11) is 0. The van der Waals surface area contributed by atoms with Gasteiger partial charge in [0.15, 0.2) is 17.5 Å². The van der Waals surface area contributed by atoms with E-state index in [2.05, 4.69) is 15.6 Å². The van der Waals surface area contributed by atoms with Crippen molar-refractivity contribution in [2.24, 2.45) is 4.99 Å². The zero-order valence-electron chi connectivity index (χ0n) is 14.9. The Morgan fingerprint density at radius 2 is 2.00 bits per heavy atom. The molecule has 0 heterocycles. The lowest BCUT2D eigenvalue weighted by molar-refractivity contribution is 0.0574. The van der Waals surface area contributed by atoms with Crippen LogP contribution in [0.3, 0.4) is 0 Å². The summed E-state index contributed by atoms with van der Waals surface area (Å²) in [5, 5.41) is 16.7. The van der Waals surface area contributed by atoms with Crippen LogP contribution in [0.1, 0.15) is 39.5 Å². The van der Waals surface area contributed by atoms with E-state index in [0.717, 1.165) is 32.2 Å². The molecule has 0 aliphatic heterocycles. The number of benzene rings is 1. The molecule has 1 aliphatic carbocycles. The highest BCUT2D eigenvalue weighted by Gasteiger charge is 2.30. The first-order chi connectivity index (χ1) is 11.5. The Morgan fingerprint density at radius 1 is 1.32 bits per heavy atom. The quantitative estimate of drug-likeness (QED) is 0.329. The Balaban J connectivity index is 0.00000312. The molecule has 1 aromatic rings. The second-order valence-electron chi connectivity index (χ2n) is 6.37. The molecule has 0 radical (unpaired) electrons. The molecular formula is C18H29FIN3O2. The van der Waals surface area contributed by atoms with Crippen molar-refractivity contribution < 1.29 is 14.2 Å². The normalized spacial score (nSPS) is 17.5. The standard InChI is InChI=1S/C18H28FN3O2.HI/c1-3-20-17(22-13-18(23)10-6-7-11-18)21-12-14(2)24-16-9-5-4-8-15(16)19;/h4-5,8-9,14,23H,3,6-7,10-13H2,1-2H3,(H2,20,21,22);1H. The average molecular weight is 465 g/mol. The van der Waals surface area contributed by atoms with Crippen LogP contribution in [0.25, 0.3) is 0 Å². The number of hydrogen-bond donors (Lipinski definition) is 3. The van der Waals surface area contributed by atoms with Crippen LogP contribution in [-0.4, -0.2) is 42.4 Å². The van der Waals surface area contributed by atoms with Crippen molar-refractivity contribution >= 4 is 29.9 Å². The summed E-state index contributed by atoms with van der Waals surface area (Å²) in [6.45, 7) is 5.46. The van der Waals surface area contributed by atoms with Crippen molar-refractivity contribution in [3.63, 3.8) is 0 Å². The molecule has 1 atom stereocenters. The van der Waals surface area contributed by atoms with E-state index >= 15 is 0 Å². The van der Waals surface area contributed by atoms with Crippen LogP contribution < -0.4 is 15.4 Å². The molecule has 1 saturated carbocycles. The molecule has 2 rings (SSSR count). The van der Waals surface area contributed by atoms with Gasteiger partial charge in [0, 0.05) is 6.54 Å². The number of guanidine groups is 1. The topological polar surface area (TPSA) is 65.9 Å². The third kappa shape index (κ3) is 7.35. The van der Waals surface area contributed by atoms with Gasteiger partial charge in [-0.25, -0.2) is 4.39 Å². The van der Waals surface area contributed by atoms with E-state index in [1.54, 1.807) is 18.2 Å². The first-order valence-electron chi connectivity index (χ1n) is 8.68. The molecule has 1 aromatic carbocycles. The fraction of sp³-hybridized carbons (Fsp3) is 0.611. The first-order valence-corrected chi connectivity index (χ1v) is 8.68. The molecule has 0 amide bonds. The third-order valence-electron chi connectivity index (χ3n) is 4.13. The highest BCUT2D eigenvalue weighted by Crippen LogP contribution is 2.29. The van der Waals surface area contributed by atoms with Gasteiger partial charge < -0.3 is 20.5 Å². The van der Waals surface area contributed by atoms with Crippen LogP contribution >= 0.6 is 24.0 Å². The molecule has 1 unspecified atom stereocenters. The number of para-hydroxylation sites is 1. The van der Waals surface area contributed by atoms with Crippen LogP contribution in [0.15, 0.2) is 29.3 Å². The average Bonchev–Trinajstić information content (AvgIpc) is 2.99. The molecule has 3 N–H and O–H groups in total. The fourth-order valence-electron chi connectivity index (χ4n) is 2.80. The highest BCUT2D eigenvalue weighted by atomic mass is 127. The summed E-state index contributed by atoms with van der Waals surface area (Å²) in [6.07, 6.45) is 3.51. The molecule has 0 aromatic heterocycles. The zero-order valence-corrected chi connectivity index (χ0v) is 17.3.